The molecule has 8 nitrogen and oxygen atoms in total. The van der Waals surface area contributed by atoms with Crippen LogP contribution in [-0.4, -0.2) is 36.9 Å². The van der Waals surface area contributed by atoms with E-state index in [2.05, 4.69) is 5.32 Å². The molecule has 0 radical (unpaired) electrons. The van der Waals surface area contributed by atoms with Gasteiger partial charge in [0.05, 0.1) is 25.8 Å². The minimum atomic E-state index is -0.890. The average molecular weight is 472 g/mol. The van der Waals surface area contributed by atoms with Crippen molar-refractivity contribution in [3.8, 4) is 11.5 Å². The van der Waals surface area contributed by atoms with Crippen LogP contribution in [-0.2, 0) is 14.4 Å². The Morgan fingerprint density at radius 1 is 0.914 bits per heavy atom. The Morgan fingerprint density at radius 2 is 1.57 bits per heavy atom. The van der Waals surface area contributed by atoms with Crippen molar-refractivity contribution in [3.05, 3.63) is 89.5 Å². The first kappa shape index (κ1) is 23.6. The summed E-state index contributed by atoms with van der Waals surface area (Å²) in [6, 6.07) is 19.2. The zero-order chi connectivity index (χ0) is 25.1. The molecular formula is C27H24N2O6. The molecule has 0 spiro atoms. The summed E-state index contributed by atoms with van der Waals surface area (Å²) in [5, 5.41) is 13.9. The molecule has 1 aliphatic heterocycles. The lowest BCUT2D eigenvalue weighted by atomic mass is 9.95. The van der Waals surface area contributed by atoms with Crippen LogP contribution in [0.4, 0.5) is 11.4 Å². The summed E-state index contributed by atoms with van der Waals surface area (Å²) >= 11 is 0. The number of nitrogens with one attached hydrogen (secondary N) is 1. The monoisotopic (exact) mass is 472 g/mol. The highest BCUT2D eigenvalue weighted by atomic mass is 16.5. The van der Waals surface area contributed by atoms with Crippen LogP contribution in [0.25, 0.3) is 5.76 Å². The normalized spacial score (nSPS) is 16.8. The van der Waals surface area contributed by atoms with Gasteiger partial charge in [-0.1, -0.05) is 24.3 Å². The number of carbonyl (C=O) groups is 3. The van der Waals surface area contributed by atoms with Crippen molar-refractivity contribution < 1.29 is 29.0 Å². The molecule has 2 amide bonds. The van der Waals surface area contributed by atoms with Crippen molar-refractivity contribution in [2.75, 3.05) is 24.4 Å². The van der Waals surface area contributed by atoms with Crippen molar-refractivity contribution in [1.29, 1.82) is 0 Å². The molecule has 3 aromatic rings. The first-order chi connectivity index (χ1) is 16.8. The number of ketones is 1. The fourth-order valence-corrected chi connectivity index (χ4v) is 4.03. The van der Waals surface area contributed by atoms with Gasteiger partial charge in [-0.2, -0.15) is 0 Å². The molecular weight excluding hydrogens is 448 g/mol. The number of rotatable bonds is 6. The Hall–Kier alpha value is -4.59. The van der Waals surface area contributed by atoms with Crippen molar-refractivity contribution in [2.45, 2.75) is 13.0 Å². The summed E-state index contributed by atoms with van der Waals surface area (Å²) in [4.78, 5) is 39.2. The first-order valence-electron chi connectivity index (χ1n) is 10.8. The summed E-state index contributed by atoms with van der Waals surface area (Å²) in [6.07, 6.45) is 0. The summed E-state index contributed by atoms with van der Waals surface area (Å²) in [5.41, 5.74) is 1.91. The maximum atomic E-state index is 13.3. The molecule has 8 heteroatoms. The molecule has 3 aromatic carbocycles. The standard InChI is InChI=1S/C27H24N2O6/c1-16(30)28-19-9-11-20(12-10-19)29-24(17-7-13-21(34-2)14-8-17)23(26(32)27(29)33)25(31)18-5-4-6-22(15-18)35-3/h4-15,24,31H,1-3H3,(H,28,30)/b25-23-. The van der Waals surface area contributed by atoms with Gasteiger partial charge in [0.25, 0.3) is 11.7 Å². The van der Waals surface area contributed by atoms with Crippen LogP contribution in [0, 0.1) is 0 Å². The molecule has 1 heterocycles. The van der Waals surface area contributed by atoms with Gasteiger partial charge in [0.2, 0.25) is 5.91 Å². The Bertz CT molecular complexity index is 1310. The van der Waals surface area contributed by atoms with E-state index in [1.54, 1.807) is 79.9 Å². The van der Waals surface area contributed by atoms with E-state index in [-0.39, 0.29) is 17.2 Å². The number of benzene rings is 3. The van der Waals surface area contributed by atoms with Gasteiger partial charge in [-0.25, -0.2) is 0 Å². The van der Waals surface area contributed by atoms with Crippen LogP contribution in [0.15, 0.2) is 78.4 Å². The lowest BCUT2D eigenvalue weighted by molar-refractivity contribution is -0.132. The first-order valence-corrected chi connectivity index (χ1v) is 10.8. The molecule has 1 fully saturated rings. The lowest BCUT2D eigenvalue weighted by Gasteiger charge is -2.25. The predicted molar refractivity (Wildman–Crippen MR) is 132 cm³/mol. The second-order valence-electron chi connectivity index (χ2n) is 7.90. The van der Waals surface area contributed by atoms with E-state index in [4.69, 9.17) is 9.47 Å². The van der Waals surface area contributed by atoms with Gasteiger partial charge in [0, 0.05) is 23.9 Å². The van der Waals surface area contributed by atoms with E-state index in [1.165, 1.54) is 18.9 Å². The SMILES string of the molecule is COc1ccc(C2/C(=C(/O)c3cccc(OC)c3)C(=O)C(=O)N2c2ccc(NC(C)=O)cc2)cc1. The highest BCUT2D eigenvalue weighted by Gasteiger charge is 2.47. The van der Waals surface area contributed by atoms with Gasteiger partial charge < -0.3 is 19.9 Å². The topological polar surface area (TPSA) is 105 Å². The molecule has 0 bridgehead atoms. The molecule has 4 rings (SSSR count). The van der Waals surface area contributed by atoms with E-state index < -0.39 is 17.7 Å². The van der Waals surface area contributed by atoms with Crippen molar-refractivity contribution >= 4 is 34.7 Å². The Labute approximate surface area is 202 Å². The van der Waals surface area contributed by atoms with Crippen molar-refractivity contribution in [1.82, 2.24) is 0 Å². The number of nitrogens with zero attached hydrogens (tertiary/aromatic N) is 1. The molecule has 0 saturated carbocycles. The fourth-order valence-electron chi connectivity index (χ4n) is 4.03. The molecule has 2 N–H and O–H groups in total. The zero-order valence-corrected chi connectivity index (χ0v) is 19.4. The number of hydrogen-bond acceptors (Lipinski definition) is 6. The van der Waals surface area contributed by atoms with Gasteiger partial charge in [-0.15, -0.1) is 0 Å². The van der Waals surface area contributed by atoms with E-state index >= 15 is 0 Å². The number of aliphatic hydroxyl groups is 1. The molecule has 0 aromatic heterocycles. The summed E-state index contributed by atoms with van der Waals surface area (Å²) in [5.74, 6) is -1.01. The van der Waals surface area contributed by atoms with Gasteiger partial charge in [-0.3, -0.25) is 19.3 Å². The molecule has 1 aliphatic rings. The number of hydrogen-bond donors (Lipinski definition) is 2. The highest BCUT2D eigenvalue weighted by molar-refractivity contribution is 6.51. The maximum Gasteiger partial charge on any atom is 0.300 e. The molecule has 1 unspecified atom stereocenters. The maximum absolute atomic E-state index is 13.3. The van der Waals surface area contributed by atoms with Crippen LogP contribution >= 0.6 is 0 Å². The third-order valence-electron chi connectivity index (χ3n) is 5.68. The molecule has 35 heavy (non-hydrogen) atoms. The molecule has 1 saturated heterocycles. The molecule has 0 aliphatic carbocycles. The summed E-state index contributed by atoms with van der Waals surface area (Å²) < 4.78 is 10.5. The molecule has 1 atom stereocenters. The Kier molecular flexibility index (Phi) is 6.55. The number of aliphatic hydroxyl groups excluding tert-OH is 1. The van der Waals surface area contributed by atoms with Crippen LogP contribution in [0.3, 0.4) is 0 Å². The van der Waals surface area contributed by atoms with Crippen LogP contribution in [0.1, 0.15) is 24.1 Å². The Balaban J connectivity index is 1.87. The van der Waals surface area contributed by atoms with Crippen molar-refractivity contribution in [3.63, 3.8) is 0 Å². The lowest BCUT2D eigenvalue weighted by Crippen LogP contribution is -2.29. The smallest absolute Gasteiger partial charge is 0.300 e. The number of carbonyl (C=O) groups excluding carboxylic acids is 3. The van der Waals surface area contributed by atoms with Gasteiger partial charge in [0.1, 0.15) is 17.3 Å². The van der Waals surface area contributed by atoms with E-state index in [9.17, 15) is 19.5 Å². The van der Waals surface area contributed by atoms with Crippen LogP contribution < -0.4 is 19.7 Å². The number of Topliss-reactive ketones (excluding diaryl/α,β-unsaturated/α-hetero) is 1. The second kappa shape index (κ2) is 9.72. The van der Waals surface area contributed by atoms with Crippen molar-refractivity contribution in [2.24, 2.45) is 0 Å². The summed E-state index contributed by atoms with van der Waals surface area (Å²) in [6.45, 7) is 1.40. The van der Waals surface area contributed by atoms with Gasteiger partial charge in [-0.05, 0) is 54.1 Å². The molecule has 178 valence electrons. The average Bonchev–Trinajstić information content (AvgIpc) is 3.14. The number of anilines is 2. The Morgan fingerprint density at radius 3 is 2.17 bits per heavy atom. The quantitative estimate of drug-likeness (QED) is 0.315. The van der Waals surface area contributed by atoms with Gasteiger partial charge in [0.15, 0.2) is 0 Å². The minimum Gasteiger partial charge on any atom is -0.507 e. The van der Waals surface area contributed by atoms with E-state index in [0.717, 1.165) is 0 Å². The van der Waals surface area contributed by atoms with Crippen LogP contribution in [0.5, 0.6) is 11.5 Å². The number of amides is 2. The third kappa shape index (κ3) is 4.59. The number of ether oxygens (including phenoxy) is 2. The summed E-state index contributed by atoms with van der Waals surface area (Å²) in [7, 11) is 3.04. The van der Waals surface area contributed by atoms with Crippen LogP contribution in [0.2, 0.25) is 0 Å². The number of methoxy groups -OCH3 is 2. The third-order valence-corrected chi connectivity index (χ3v) is 5.68. The fraction of sp³-hybridized carbons (Fsp3) is 0.148. The van der Waals surface area contributed by atoms with E-state index in [0.29, 0.717) is 34.0 Å². The largest absolute Gasteiger partial charge is 0.507 e. The zero-order valence-electron chi connectivity index (χ0n) is 19.4. The predicted octanol–water partition coefficient (Wildman–Crippen LogP) is 4.29. The van der Waals surface area contributed by atoms with Gasteiger partial charge >= 0.3 is 0 Å². The van der Waals surface area contributed by atoms with E-state index in [1.807, 2.05) is 0 Å². The highest BCUT2D eigenvalue weighted by Crippen LogP contribution is 2.42. The minimum absolute atomic E-state index is 0.0423. The second-order valence-corrected chi connectivity index (χ2v) is 7.90.